The first-order chi connectivity index (χ1) is 10.9. The van der Waals surface area contributed by atoms with Gasteiger partial charge in [-0.2, -0.15) is 0 Å². The SMILES string of the molecule is CC(NC(=O)CCc1ncc(-c2ccc(F)cc2F)o1)C(=O)O. The van der Waals surface area contributed by atoms with E-state index in [2.05, 4.69) is 10.3 Å². The Labute approximate surface area is 130 Å². The quantitative estimate of drug-likeness (QED) is 0.849. The van der Waals surface area contributed by atoms with E-state index in [4.69, 9.17) is 9.52 Å². The van der Waals surface area contributed by atoms with Crippen molar-refractivity contribution in [3.8, 4) is 11.3 Å². The number of carboxylic acids is 1. The number of amides is 1. The van der Waals surface area contributed by atoms with Gasteiger partial charge in [-0.25, -0.2) is 13.8 Å². The van der Waals surface area contributed by atoms with Crippen molar-refractivity contribution in [2.45, 2.75) is 25.8 Å². The Hall–Kier alpha value is -2.77. The topological polar surface area (TPSA) is 92.4 Å². The van der Waals surface area contributed by atoms with Gasteiger partial charge >= 0.3 is 5.97 Å². The summed E-state index contributed by atoms with van der Waals surface area (Å²) in [4.78, 5) is 26.1. The second-order valence-corrected chi connectivity index (χ2v) is 4.87. The fraction of sp³-hybridized carbons (Fsp3) is 0.267. The van der Waals surface area contributed by atoms with Gasteiger partial charge in [-0.15, -0.1) is 0 Å². The predicted octanol–water partition coefficient (Wildman–Crippen LogP) is 2.14. The summed E-state index contributed by atoms with van der Waals surface area (Å²) in [6.45, 7) is 1.35. The Morgan fingerprint density at radius 2 is 2.13 bits per heavy atom. The third-order valence-corrected chi connectivity index (χ3v) is 3.06. The summed E-state index contributed by atoms with van der Waals surface area (Å²) in [5, 5.41) is 11.0. The normalized spacial score (nSPS) is 12.0. The summed E-state index contributed by atoms with van der Waals surface area (Å²) in [7, 11) is 0. The number of halogens is 2. The lowest BCUT2D eigenvalue weighted by atomic mass is 10.2. The molecule has 1 aromatic carbocycles. The number of hydrogen-bond donors (Lipinski definition) is 2. The van der Waals surface area contributed by atoms with E-state index < -0.39 is 29.6 Å². The average molecular weight is 324 g/mol. The molecular weight excluding hydrogens is 310 g/mol. The number of carbonyl (C=O) groups excluding carboxylic acids is 1. The molecule has 8 heteroatoms. The number of aliphatic carboxylic acids is 1. The van der Waals surface area contributed by atoms with Crippen molar-refractivity contribution >= 4 is 11.9 Å². The summed E-state index contributed by atoms with van der Waals surface area (Å²) >= 11 is 0. The van der Waals surface area contributed by atoms with Gasteiger partial charge in [0.2, 0.25) is 5.91 Å². The maximum Gasteiger partial charge on any atom is 0.325 e. The Morgan fingerprint density at radius 1 is 1.39 bits per heavy atom. The molecular formula is C15H14F2N2O4. The number of aromatic nitrogens is 1. The van der Waals surface area contributed by atoms with Crippen molar-refractivity contribution in [1.29, 1.82) is 0 Å². The van der Waals surface area contributed by atoms with Crippen LogP contribution in [-0.2, 0) is 16.0 Å². The lowest BCUT2D eigenvalue weighted by molar-refractivity contribution is -0.141. The molecule has 0 aliphatic rings. The number of oxazole rings is 1. The molecule has 2 aromatic rings. The molecule has 1 amide bonds. The molecule has 1 unspecified atom stereocenters. The van der Waals surface area contributed by atoms with Crippen molar-refractivity contribution < 1.29 is 27.9 Å². The van der Waals surface area contributed by atoms with Crippen LogP contribution < -0.4 is 5.32 Å². The molecule has 0 radical (unpaired) electrons. The highest BCUT2D eigenvalue weighted by molar-refractivity contribution is 5.83. The summed E-state index contributed by atoms with van der Waals surface area (Å²) in [6, 6.07) is 2.08. The summed E-state index contributed by atoms with van der Waals surface area (Å²) in [6.07, 6.45) is 1.38. The molecule has 6 nitrogen and oxygen atoms in total. The monoisotopic (exact) mass is 324 g/mol. The third kappa shape index (κ3) is 4.35. The van der Waals surface area contributed by atoms with E-state index in [1.165, 1.54) is 19.2 Å². The standard InChI is InChI=1S/C15H14F2N2O4/c1-8(15(21)22)19-13(20)4-5-14-18-7-12(23-14)10-3-2-9(16)6-11(10)17/h2-3,6-8H,4-5H2,1H3,(H,19,20)(H,21,22). The van der Waals surface area contributed by atoms with Gasteiger partial charge in [0.1, 0.15) is 17.7 Å². The van der Waals surface area contributed by atoms with Gasteiger partial charge in [0, 0.05) is 18.9 Å². The van der Waals surface area contributed by atoms with E-state index in [0.717, 1.165) is 12.1 Å². The molecule has 1 aromatic heterocycles. The van der Waals surface area contributed by atoms with Crippen LogP contribution in [0, 0.1) is 11.6 Å². The van der Waals surface area contributed by atoms with Crippen molar-refractivity contribution in [2.75, 3.05) is 0 Å². The molecule has 0 bridgehead atoms. The molecule has 0 saturated carbocycles. The highest BCUT2D eigenvalue weighted by atomic mass is 19.1. The van der Waals surface area contributed by atoms with E-state index in [-0.39, 0.29) is 30.1 Å². The summed E-state index contributed by atoms with van der Waals surface area (Å²) in [5.74, 6) is -2.76. The van der Waals surface area contributed by atoms with Crippen LogP contribution in [0.25, 0.3) is 11.3 Å². The molecule has 2 rings (SSSR count). The Kier molecular flexibility index (Phi) is 5.05. The zero-order valence-corrected chi connectivity index (χ0v) is 12.2. The fourth-order valence-electron chi connectivity index (χ4n) is 1.84. The van der Waals surface area contributed by atoms with Crippen molar-refractivity contribution in [3.63, 3.8) is 0 Å². The van der Waals surface area contributed by atoms with Gasteiger partial charge in [0.15, 0.2) is 11.7 Å². The van der Waals surface area contributed by atoms with Crippen LogP contribution in [-0.4, -0.2) is 28.0 Å². The minimum Gasteiger partial charge on any atom is -0.480 e. The predicted molar refractivity (Wildman–Crippen MR) is 75.4 cm³/mol. The molecule has 2 N–H and O–H groups in total. The highest BCUT2D eigenvalue weighted by Crippen LogP contribution is 2.24. The number of carboxylic acid groups (broad SMARTS) is 1. The van der Waals surface area contributed by atoms with Crippen LogP contribution in [0.15, 0.2) is 28.8 Å². The smallest absolute Gasteiger partial charge is 0.325 e. The number of rotatable bonds is 6. The van der Waals surface area contributed by atoms with Crippen LogP contribution in [0.2, 0.25) is 0 Å². The van der Waals surface area contributed by atoms with Crippen molar-refractivity contribution in [3.05, 3.63) is 41.9 Å². The molecule has 0 aliphatic heterocycles. The number of aryl methyl sites for hydroxylation is 1. The minimum absolute atomic E-state index is 0.0243. The second-order valence-electron chi connectivity index (χ2n) is 4.87. The number of hydrogen-bond acceptors (Lipinski definition) is 4. The molecule has 0 spiro atoms. The first kappa shape index (κ1) is 16.6. The number of carbonyl (C=O) groups is 2. The number of nitrogens with one attached hydrogen (secondary N) is 1. The number of benzene rings is 1. The molecule has 0 fully saturated rings. The second kappa shape index (κ2) is 6.99. The number of nitrogens with zero attached hydrogens (tertiary/aromatic N) is 1. The van der Waals surface area contributed by atoms with Gasteiger partial charge < -0.3 is 14.8 Å². The van der Waals surface area contributed by atoms with E-state index in [1.807, 2.05) is 0 Å². The Bertz CT molecular complexity index is 730. The van der Waals surface area contributed by atoms with Crippen LogP contribution in [0.3, 0.4) is 0 Å². The van der Waals surface area contributed by atoms with Gasteiger partial charge in [0.05, 0.1) is 11.8 Å². The van der Waals surface area contributed by atoms with Gasteiger partial charge in [-0.05, 0) is 19.1 Å². The van der Waals surface area contributed by atoms with Crippen molar-refractivity contribution in [1.82, 2.24) is 10.3 Å². The van der Waals surface area contributed by atoms with Gasteiger partial charge in [-0.1, -0.05) is 0 Å². The maximum atomic E-state index is 13.6. The van der Waals surface area contributed by atoms with E-state index in [1.54, 1.807) is 0 Å². The molecule has 23 heavy (non-hydrogen) atoms. The third-order valence-electron chi connectivity index (χ3n) is 3.06. The molecule has 122 valence electrons. The summed E-state index contributed by atoms with van der Waals surface area (Å²) in [5.41, 5.74) is 0.0640. The largest absolute Gasteiger partial charge is 0.480 e. The van der Waals surface area contributed by atoms with Gasteiger partial charge in [-0.3, -0.25) is 9.59 Å². The lowest BCUT2D eigenvalue weighted by Crippen LogP contribution is -2.38. The highest BCUT2D eigenvalue weighted by Gasteiger charge is 2.16. The molecule has 1 atom stereocenters. The first-order valence-corrected chi connectivity index (χ1v) is 6.79. The fourth-order valence-corrected chi connectivity index (χ4v) is 1.84. The van der Waals surface area contributed by atoms with E-state index >= 15 is 0 Å². The van der Waals surface area contributed by atoms with Crippen LogP contribution in [0.1, 0.15) is 19.2 Å². The van der Waals surface area contributed by atoms with E-state index in [0.29, 0.717) is 0 Å². The molecule has 0 saturated heterocycles. The first-order valence-electron chi connectivity index (χ1n) is 6.79. The average Bonchev–Trinajstić information content (AvgIpc) is 2.93. The summed E-state index contributed by atoms with van der Waals surface area (Å²) < 4.78 is 31.8. The minimum atomic E-state index is -1.14. The van der Waals surface area contributed by atoms with Crippen LogP contribution in [0.5, 0.6) is 0 Å². The van der Waals surface area contributed by atoms with Gasteiger partial charge in [0.25, 0.3) is 0 Å². The Morgan fingerprint density at radius 3 is 2.78 bits per heavy atom. The van der Waals surface area contributed by atoms with Crippen molar-refractivity contribution in [2.24, 2.45) is 0 Å². The zero-order valence-electron chi connectivity index (χ0n) is 12.2. The zero-order chi connectivity index (χ0) is 17.0. The lowest BCUT2D eigenvalue weighted by Gasteiger charge is -2.07. The molecule has 1 heterocycles. The maximum absolute atomic E-state index is 13.6. The van der Waals surface area contributed by atoms with Crippen LogP contribution >= 0.6 is 0 Å². The van der Waals surface area contributed by atoms with Crippen LogP contribution in [0.4, 0.5) is 8.78 Å². The van der Waals surface area contributed by atoms with E-state index in [9.17, 15) is 18.4 Å². The Balaban J connectivity index is 1.97. The molecule has 0 aliphatic carbocycles.